The molecule has 0 radical (unpaired) electrons. The summed E-state index contributed by atoms with van der Waals surface area (Å²) in [5.74, 6) is -0.621. The number of methoxy groups -OCH3 is 2. The molecule has 0 unspecified atom stereocenters. The van der Waals surface area contributed by atoms with Crippen LogP contribution < -0.4 is 30.1 Å². The number of aromatic nitrogens is 2. The molecule has 1 saturated heterocycles. The second kappa shape index (κ2) is 12.6. The van der Waals surface area contributed by atoms with Crippen molar-refractivity contribution in [3.8, 4) is 11.9 Å². The minimum atomic E-state index is -3.70. The van der Waals surface area contributed by atoms with Gasteiger partial charge >= 0.3 is 6.01 Å². The summed E-state index contributed by atoms with van der Waals surface area (Å²) >= 11 is 0. The minimum absolute atomic E-state index is 0.00138. The highest BCUT2D eigenvalue weighted by Gasteiger charge is 2.40. The quantitative estimate of drug-likeness (QED) is 0.233. The number of hydrogen-bond donors (Lipinski definition) is 4. The van der Waals surface area contributed by atoms with Crippen LogP contribution in [0.1, 0.15) is 24.0 Å². The van der Waals surface area contributed by atoms with Gasteiger partial charge in [0.25, 0.3) is 0 Å². The topological polar surface area (TPSA) is 161 Å². The second-order valence-corrected chi connectivity index (χ2v) is 10.2. The fourth-order valence-corrected chi connectivity index (χ4v) is 4.80. The molecule has 1 fully saturated rings. The summed E-state index contributed by atoms with van der Waals surface area (Å²) in [6, 6.07) is 6.61. The molecule has 12 nitrogen and oxygen atoms in total. The number of piperidine rings is 1. The normalized spacial score (nSPS) is 15.2. The van der Waals surface area contributed by atoms with Crippen molar-refractivity contribution in [2.45, 2.75) is 30.2 Å². The molecule has 0 aliphatic carbocycles. The highest BCUT2D eigenvalue weighted by atomic mass is 32.2. The van der Waals surface area contributed by atoms with Crippen LogP contribution in [0.2, 0.25) is 0 Å². The van der Waals surface area contributed by atoms with E-state index >= 15 is 0 Å². The molecule has 37 heavy (non-hydrogen) atoms. The van der Waals surface area contributed by atoms with E-state index in [0.717, 1.165) is 5.56 Å². The third kappa shape index (κ3) is 7.47. The number of nitrogens with zero attached hydrogens (tertiary/aromatic N) is 2. The smallest absolute Gasteiger partial charge is 0.319 e. The monoisotopic (exact) mass is 532 g/mol. The number of hydrogen-bond acceptors (Lipinski definition) is 9. The first kappa shape index (κ1) is 28.0. The molecule has 3 rings (SSSR count). The summed E-state index contributed by atoms with van der Waals surface area (Å²) in [6.07, 6.45) is 4.98. The van der Waals surface area contributed by atoms with Gasteiger partial charge in [-0.3, -0.25) is 9.59 Å². The van der Waals surface area contributed by atoms with Crippen molar-refractivity contribution in [1.29, 1.82) is 0 Å². The molecule has 0 saturated carbocycles. The van der Waals surface area contributed by atoms with E-state index in [1.54, 1.807) is 12.1 Å². The first-order chi connectivity index (χ1) is 17.7. The number of amides is 2. The molecular formula is C24H32N6O6S. The van der Waals surface area contributed by atoms with E-state index in [1.807, 2.05) is 6.92 Å². The van der Waals surface area contributed by atoms with E-state index in [-0.39, 0.29) is 35.8 Å². The van der Waals surface area contributed by atoms with Crippen molar-refractivity contribution in [2.24, 2.45) is 0 Å². The SMILES string of the molecule is COc1ncc(/C=C/C(=O)NC2(C(=O)NCCNS(=O)(=O)c3ccc(C)cc3)CCNCC2)c(OC)n1. The van der Waals surface area contributed by atoms with E-state index in [1.165, 1.54) is 44.7 Å². The number of carbonyl (C=O) groups excluding carboxylic acids is 2. The van der Waals surface area contributed by atoms with Crippen LogP contribution in [0.4, 0.5) is 0 Å². The molecule has 1 aromatic heterocycles. The molecule has 2 amide bonds. The van der Waals surface area contributed by atoms with Gasteiger partial charge in [0.2, 0.25) is 27.7 Å². The molecular weight excluding hydrogens is 500 g/mol. The molecule has 0 spiro atoms. The highest BCUT2D eigenvalue weighted by Crippen LogP contribution is 2.21. The predicted molar refractivity (Wildman–Crippen MR) is 137 cm³/mol. The van der Waals surface area contributed by atoms with Gasteiger partial charge in [-0.25, -0.2) is 18.1 Å². The van der Waals surface area contributed by atoms with Crippen molar-refractivity contribution < 1.29 is 27.5 Å². The Hall–Kier alpha value is -3.55. The number of benzene rings is 1. The van der Waals surface area contributed by atoms with Gasteiger partial charge in [0.05, 0.1) is 24.7 Å². The lowest BCUT2D eigenvalue weighted by Crippen LogP contribution is -2.63. The average Bonchev–Trinajstić information content (AvgIpc) is 2.90. The summed E-state index contributed by atoms with van der Waals surface area (Å²) in [5, 5.41) is 8.75. The lowest BCUT2D eigenvalue weighted by molar-refractivity contribution is -0.133. The number of nitrogens with one attached hydrogen (secondary N) is 4. The summed E-state index contributed by atoms with van der Waals surface area (Å²) in [5.41, 5.74) is 0.276. The van der Waals surface area contributed by atoms with E-state index in [0.29, 0.717) is 31.5 Å². The van der Waals surface area contributed by atoms with Gasteiger partial charge in [0.1, 0.15) is 5.54 Å². The first-order valence-electron chi connectivity index (χ1n) is 11.7. The van der Waals surface area contributed by atoms with Crippen molar-refractivity contribution in [2.75, 3.05) is 40.4 Å². The molecule has 13 heteroatoms. The fraction of sp³-hybridized carbons (Fsp3) is 0.417. The molecule has 0 atom stereocenters. The Morgan fingerprint density at radius 2 is 1.81 bits per heavy atom. The van der Waals surface area contributed by atoms with Gasteiger partial charge in [0, 0.05) is 25.4 Å². The Morgan fingerprint density at radius 3 is 2.46 bits per heavy atom. The molecule has 1 aliphatic heterocycles. The van der Waals surface area contributed by atoms with Crippen LogP contribution in [0.5, 0.6) is 11.9 Å². The number of carbonyl (C=O) groups is 2. The zero-order chi connectivity index (χ0) is 26.9. The summed E-state index contributed by atoms with van der Waals surface area (Å²) in [4.78, 5) is 34.1. The number of rotatable bonds is 11. The van der Waals surface area contributed by atoms with E-state index < -0.39 is 21.5 Å². The van der Waals surface area contributed by atoms with E-state index in [2.05, 4.69) is 30.6 Å². The van der Waals surface area contributed by atoms with E-state index in [9.17, 15) is 18.0 Å². The Bertz CT molecular complexity index is 1230. The van der Waals surface area contributed by atoms with Gasteiger partial charge in [-0.2, -0.15) is 4.98 Å². The summed E-state index contributed by atoms with van der Waals surface area (Å²) in [7, 11) is -0.827. The maximum Gasteiger partial charge on any atom is 0.319 e. The minimum Gasteiger partial charge on any atom is -0.480 e. The van der Waals surface area contributed by atoms with Gasteiger partial charge in [-0.1, -0.05) is 17.7 Å². The molecule has 2 heterocycles. The summed E-state index contributed by atoms with van der Waals surface area (Å²) in [6.45, 7) is 3.01. The Kier molecular flexibility index (Phi) is 9.55. The third-order valence-corrected chi connectivity index (χ3v) is 7.31. The van der Waals surface area contributed by atoms with Crippen LogP contribution in [0.15, 0.2) is 41.4 Å². The maximum absolute atomic E-state index is 13.1. The number of aryl methyl sites for hydroxylation is 1. The Morgan fingerprint density at radius 1 is 1.11 bits per heavy atom. The largest absolute Gasteiger partial charge is 0.480 e. The Balaban J connectivity index is 1.60. The maximum atomic E-state index is 13.1. The average molecular weight is 533 g/mol. The highest BCUT2D eigenvalue weighted by molar-refractivity contribution is 7.89. The van der Waals surface area contributed by atoms with Crippen LogP contribution >= 0.6 is 0 Å². The molecule has 4 N–H and O–H groups in total. The summed E-state index contributed by atoms with van der Waals surface area (Å²) < 4.78 is 37.5. The molecule has 2 aromatic rings. The predicted octanol–water partition coefficient (Wildman–Crippen LogP) is 0.149. The van der Waals surface area contributed by atoms with Crippen LogP contribution in [-0.2, 0) is 19.6 Å². The number of ether oxygens (including phenoxy) is 2. The van der Waals surface area contributed by atoms with Crippen molar-refractivity contribution in [3.05, 3.63) is 47.7 Å². The van der Waals surface area contributed by atoms with Gasteiger partial charge in [-0.05, 0) is 51.1 Å². The number of sulfonamides is 1. The van der Waals surface area contributed by atoms with Crippen molar-refractivity contribution in [3.63, 3.8) is 0 Å². The van der Waals surface area contributed by atoms with Gasteiger partial charge in [0.15, 0.2) is 0 Å². The van der Waals surface area contributed by atoms with Crippen molar-refractivity contribution >= 4 is 27.9 Å². The molecule has 0 bridgehead atoms. The van der Waals surface area contributed by atoms with Crippen LogP contribution in [0.25, 0.3) is 6.08 Å². The molecule has 1 aromatic carbocycles. The first-order valence-corrected chi connectivity index (χ1v) is 13.2. The van der Waals surface area contributed by atoms with Crippen LogP contribution in [-0.4, -0.2) is 76.1 Å². The third-order valence-electron chi connectivity index (χ3n) is 5.84. The van der Waals surface area contributed by atoms with E-state index in [4.69, 9.17) is 9.47 Å². The second-order valence-electron chi connectivity index (χ2n) is 8.44. The van der Waals surface area contributed by atoms with Crippen molar-refractivity contribution in [1.82, 2.24) is 30.6 Å². The zero-order valence-corrected chi connectivity index (χ0v) is 21.9. The van der Waals surface area contributed by atoms with Gasteiger partial charge < -0.3 is 25.4 Å². The molecule has 200 valence electrons. The standard InChI is InChI=1S/C24H32N6O6S/c1-17-4-7-19(8-5-17)37(33,34)28-15-14-26-22(32)24(10-12-25-13-11-24)30-20(31)9-6-18-16-27-23(36-3)29-21(18)35-2/h4-9,16,25,28H,10-15H2,1-3H3,(H,26,32)(H,30,31)/b9-6+. The fourth-order valence-electron chi connectivity index (χ4n) is 3.77. The lowest BCUT2D eigenvalue weighted by Gasteiger charge is -2.36. The zero-order valence-electron chi connectivity index (χ0n) is 21.0. The van der Waals surface area contributed by atoms with Crippen LogP contribution in [0, 0.1) is 6.92 Å². The lowest BCUT2D eigenvalue weighted by atomic mass is 9.87. The van der Waals surface area contributed by atoms with Crippen LogP contribution in [0.3, 0.4) is 0 Å². The Labute approximate surface area is 216 Å². The van der Waals surface area contributed by atoms with Gasteiger partial charge in [-0.15, -0.1) is 0 Å². The molecule has 1 aliphatic rings.